The van der Waals surface area contributed by atoms with E-state index in [0.717, 1.165) is 24.8 Å². The minimum atomic E-state index is -0.374. The van der Waals surface area contributed by atoms with Gasteiger partial charge in [-0.1, -0.05) is 18.7 Å². The van der Waals surface area contributed by atoms with Crippen molar-refractivity contribution in [2.45, 2.75) is 50.4 Å². The van der Waals surface area contributed by atoms with Crippen LogP contribution in [0, 0.1) is 5.92 Å². The largest absolute Gasteiger partial charge is 0.462 e. The van der Waals surface area contributed by atoms with Gasteiger partial charge in [-0.3, -0.25) is 4.79 Å². The molecule has 2 heterocycles. The Kier molecular flexibility index (Phi) is 6.21. The smallest absolute Gasteiger partial charge is 0.341 e. The summed E-state index contributed by atoms with van der Waals surface area (Å²) in [5, 5.41) is 11.7. The molecule has 27 heavy (non-hydrogen) atoms. The van der Waals surface area contributed by atoms with Gasteiger partial charge in [0.1, 0.15) is 11.3 Å². The number of carbonyl (C=O) groups excluding carboxylic acids is 2. The lowest BCUT2D eigenvalue weighted by atomic mass is 9.88. The third-order valence-corrected chi connectivity index (χ3v) is 6.87. The molecule has 0 aromatic carbocycles. The zero-order chi connectivity index (χ0) is 19.6. The second kappa shape index (κ2) is 8.43. The van der Waals surface area contributed by atoms with Crippen LogP contribution < -0.4 is 5.32 Å². The summed E-state index contributed by atoms with van der Waals surface area (Å²) in [4.78, 5) is 26.4. The number of rotatable bonds is 6. The van der Waals surface area contributed by atoms with Crippen molar-refractivity contribution < 1.29 is 14.3 Å². The molecule has 3 rings (SSSR count). The number of thiophene rings is 1. The van der Waals surface area contributed by atoms with E-state index in [-0.39, 0.29) is 17.1 Å². The van der Waals surface area contributed by atoms with Crippen molar-refractivity contribution in [3.63, 3.8) is 0 Å². The Hall–Kier alpha value is -1.87. The highest BCUT2D eigenvalue weighted by molar-refractivity contribution is 8.00. The molecule has 1 amide bonds. The molecule has 0 saturated carbocycles. The van der Waals surface area contributed by atoms with E-state index in [9.17, 15) is 9.59 Å². The highest BCUT2D eigenvalue weighted by Gasteiger charge is 2.30. The standard InChI is InChI=1S/C18H24N4O3S2/c1-5-25-17(24)14-12-7-6-10(2)8-13(12)27-16(14)20-15(23)11(3)26-18-21-19-9-22(18)4/h9-11H,5-8H2,1-4H3,(H,20,23)/t10-,11+/m0/s1. The van der Waals surface area contributed by atoms with Gasteiger partial charge in [-0.05, 0) is 44.6 Å². The third-order valence-electron chi connectivity index (χ3n) is 4.55. The maximum Gasteiger partial charge on any atom is 0.341 e. The molecule has 0 bridgehead atoms. The number of thioether (sulfide) groups is 1. The monoisotopic (exact) mass is 408 g/mol. The fourth-order valence-corrected chi connectivity index (χ4v) is 5.25. The number of aryl methyl sites for hydroxylation is 1. The molecule has 0 radical (unpaired) electrons. The lowest BCUT2D eigenvalue weighted by Gasteiger charge is -2.18. The quantitative estimate of drug-likeness (QED) is 0.583. The van der Waals surface area contributed by atoms with Gasteiger partial charge in [0, 0.05) is 11.9 Å². The molecule has 2 atom stereocenters. The maximum absolute atomic E-state index is 12.7. The van der Waals surface area contributed by atoms with Crippen molar-refractivity contribution in [2.24, 2.45) is 13.0 Å². The summed E-state index contributed by atoms with van der Waals surface area (Å²) in [6.45, 7) is 6.13. The first kappa shape index (κ1) is 19.9. The molecule has 1 aliphatic carbocycles. The van der Waals surface area contributed by atoms with Crippen LogP contribution in [0.1, 0.15) is 48.0 Å². The summed E-state index contributed by atoms with van der Waals surface area (Å²) < 4.78 is 7.02. The van der Waals surface area contributed by atoms with Crippen LogP contribution in [0.5, 0.6) is 0 Å². The number of fused-ring (bicyclic) bond motifs is 1. The molecule has 7 nitrogen and oxygen atoms in total. The van der Waals surface area contributed by atoms with Crippen molar-refractivity contribution in [3.8, 4) is 0 Å². The van der Waals surface area contributed by atoms with Crippen LogP contribution in [0.2, 0.25) is 0 Å². The molecule has 2 aromatic rings. The molecule has 2 aromatic heterocycles. The molecule has 0 unspecified atom stereocenters. The number of carbonyl (C=O) groups is 2. The molecule has 1 N–H and O–H groups in total. The minimum Gasteiger partial charge on any atom is -0.462 e. The molecular weight excluding hydrogens is 384 g/mol. The van der Waals surface area contributed by atoms with Gasteiger partial charge in [0.05, 0.1) is 17.4 Å². The van der Waals surface area contributed by atoms with Gasteiger partial charge in [0.25, 0.3) is 0 Å². The maximum atomic E-state index is 12.7. The zero-order valence-electron chi connectivity index (χ0n) is 15.9. The molecule has 0 fully saturated rings. The first-order valence-corrected chi connectivity index (χ1v) is 10.7. The van der Waals surface area contributed by atoms with Crippen LogP contribution in [0.4, 0.5) is 5.00 Å². The Labute approximate surface area is 166 Å². The second-order valence-corrected chi connectivity index (χ2v) is 9.16. The Balaban J connectivity index is 1.81. The number of nitrogens with zero attached hydrogens (tertiary/aromatic N) is 3. The normalized spacial score (nSPS) is 17.3. The number of nitrogens with one attached hydrogen (secondary N) is 1. The second-order valence-electron chi connectivity index (χ2n) is 6.75. The number of aromatic nitrogens is 3. The van der Waals surface area contributed by atoms with E-state index in [4.69, 9.17) is 4.74 Å². The van der Waals surface area contributed by atoms with Crippen molar-refractivity contribution in [3.05, 3.63) is 22.3 Å². The predicted molar refractivity (Wildman–Crippen MR) is 106 cm³/mol. The molecule has 0 saturated heterocycles. The topological polar surface area (TPSA) is 86.1 Å². The van der Waals surface area contributed by atoms with E-state index in [1.54, 1.807) is 17.8 Å². The lowest BCUT2D eigenvalue weighted by Crippen LogP contribution is -2.23. The van der Waals surface area contributed by atoms with Crippen LogP contribution in [0.25, 0.3) is 0 Å². The van der Waals surface area contributed by atoms with Crippen molar-refractivity contribution >= 4 is 40.0 Å². The first-order chi connectivity index (χ1) is 12.9. The number of anilines is 1. The van der Waals surface area contributed by atoms with E-state index in [1.807, 2.05) is 14.0 Å². The van der Waals surface area contributed by atoms with Crippen molar-refractivity contribution in [1.29, 1.82) is 0 Å². The average molecular weight is 409 g/mol. The van der Waals surface area contributed by atoms with Gasteiger partial charge < -0.3 is 14.6 Å². The number of esters is 1. The van der Waals surface area contributed by atoms with Crippen LogP contribution in [0.15, 0.2) is 11.5 Å². The summed E-state index contributed by atoms with van der Waals surface area (Å²) >= 11 is 2.83. The highest BCUT2D eigenvalue weighted by atomic mass is 32.2. The molecule has 146 valence electrons. The number of hydrogen-bond acceptors (Lipinski definition) is 7. The van der Waals surface area contributed by atoms with Gasteiger partial charge in [-0.2, -0.15) is 0 Å². The summed E-state index contributed by atoms with van der Waals surface area (Å²) in [6.07, 6.45) is 4.42. The predicted octanol–water partition coefficient (Wildman–Crippen LogP) is 3.30. The van der Waals surface area contributed by atoms with Gasteiger partial charge in [0.15, 0.2) is 5.16 Å². The summed E-state index contributed by atoms with van der Waals surface area (Å²) in [6, 6.07) is 0. The van der Waals surface area contributed by atoms with Gasteiger partial charge in [0.2, 0.25) is 5.91 Å². The van der Waals surface area contributed by atoms with Gasteiger partial charge >= 0.3 is 5.97 Å². The molecule has 9 heteroatoms. The van der Waals surface area contributed by atoms with E-state index in [0.29, 0.717) is 28.2 Å². The fraction of sp³-hybridized carbons (Fsp3) is 0.556. The molecule has 1 aliphatic rings. The fourth-order valence-electron chi connectivity index (χ4n) is 3.06. The van der Waals surface area contributed by atoms with Crippen LogP contribution in [-0.4, -0.2) is 38.5 Å². The lowest BCUT2D eigenvalue weighted by molar-refractivity contribution is -0.115. The van der Waals surface area contributed by atoms with Crippen molar-refractivity contribution in [1.82, 2.24) is 14.8 Å². The number of ether oxygens (including phenoxy) is 1. The van der Waals surface area contributed by atoms with Crippen LogP contribution in [0.3, 0.4) is 0 Å². The highest BCUT2D eigenvalue weighted by Crippen LogP contribution is 2.40. The Morgan fingerprint density at radius 2 is 2.30 bits per heavy atom. The summed E-state index contributed by atoms with van der Waals surface area (Å²) in [5.74, 6) is 0.0637. The zero-order valence-corrected chi connectivity index (χ0v) is 17.6. The Bertz CT molecular complexity index is 846. The Morgan fingerprint density at radius 1 is 1.52 bits per heavy atom. The molecule has 0 aliphatic heterocycles. The number of hydrogen-bond donors (Lipinski definition) is 1. The van der Waals surface area contributed by atoms with E-state index in [1.165, 1.54) is 28.0 Å². The SMILES string of the molecule is CCOC(=O)c1c(NC(=O)[C@@H](C)Sc2nncn2C)sc2c1CC[C@H](C)C2. The summed E-state index contributed by atoms with van der Waals surface area (Å²) in [7, 11) is 1.83. The van der Waals surface area contributed by atoms with Gasteiger partial charge in [-0.15, -0.1) is 21.5 Å². The summed E-state index contributed by atoms with van der Waals surface area (Å²) in [5.41, 5.74) is 1.58. The van der Waals surface area contributed by atoms with Crippen LogP contribution >= 0.6 is 23.1 Å². The first-order valence-electron chi connectivity index (χ1n) is 9.03. The van der Waals surface area contributed by atoms with Gasteiger partial charge in [-0.25, -0.2) is 4.79 Å². The minimum absolute atomic E-state index is 0.166. The van der Waals surface area contributed by atoms with E-state index >= 15 is 0 Å². The number of amides is 1. The van der Waals surface area contributed by atoms with E-state index in [2.05, 4.69) is 22.4 Å². The molecular formula is C18H24N4O3S2. The Morgan fingerprint density at radius 3 is 2.96 bits per heavy atom. The average Bonchev–Trinajstić information content (AvgIpc) is 3.17. The van der Waals surface area contributed by atoms with Crippen LogP contribution in [-0.2, 0) is 29.4 Å². The third kappa shape index (κ3) is 4.35. The van der Waals surface area contributed by atoms with E-state index < -0.39 is 0 Å². The molecule has 0 spiro atoms. The van der Waals surface area contributed by atoms with Crippen molar-refractivity contribution in [2.75, 3.05) is 11.9 Å².